The number of hydrogen-bond acceptors (Lipinski definition) is 3. The van der Waals surface area contributed by atoms with Crippen molar-refractivity contribution in [1.29, 1.82) is 0 Å². The number of rotatable bonds is 1. The second kappa shape index (κ2) is 3.94. The number of carbonyl (C=O) groups is 2. The highest BCUT2D eigenvalue weighted by atomic mass is 16.1. The van der Waals surface area contributed by atoms with Crippen LogP contribution in [0.2, 0.25) is 0 Å². The van der Waals surface area contributed by atoms with Crippen LogP contribution in [-0.2, 0) is 9.59 Å². The SMILES string of the molecule is CNC1=CCC2C(C1)C(=O)CC1(C)C(=O)CCC21. The van der Waals surface area contributed by atoms with Crippen molar-refractivity contribution >= 4 is 11.6 Å². The first kappa shape index (κ1) is 11.9. The Labute approximate surface area is 108 Å². The lowest BCUT2D eigenvalue weighted by Gasteiger charge is -2.46. The molecule has 0 aromatic carbocycles. The summed E-state index contributed by atoms with van der Waals surface area (Å²) >= 11 is 0. The van der Waals surface area contributed by atoms with Crippen molar-refractivity contribution in [1.82, 2.24) is 5.32 Å². The van der Waals surface area contributed by atoms with Gasteiger partial charge in [-0.2, -0.15) is 0 Å². The van der Waals surface area contributed by atoms with E-state index in [1.807, 2.05) is 14.0 Å². The molecule has 1 N–H and O–H groups in total. The lowest BCUT2D eigenvalue weighted by atomic mass is 9.57. The highest BCUT2D eigenvalue weighted by Crippen LogP contribution is 2.55. The van der Waals surface area contributed by atoms with Crippen LogP contribution in [0.5, 0.6) is 0 Å². The summed E-state index contributed by atoms with van der Waals surface area (Å²) in [7, 11) is 1.92. The van der Waals surface area contributed by atoms with Gasteiger partial charge in [0, 0.05) is 36.9 Å². The monoisotopic (exact) mass is 247 g/mol. The molecule has 3 aliphatic rings. The predicted molar refractivity (Wildman–Crippen MR) is 68.8 cm³/mol. The van der Waals surface area contributed by atoms with Gasteiger partial charge >= 0.3 is 0 Å². The zero-order chi connectivity index (χ0) is 12.9. The van der Waals surface area contributed by atoms with Gasteiger partial charge in [0.2, 0.25) is 0 Å². The van der Waals surface area contributed by atoms with Crippen LogP contribution in [0.3, 0.4) is 0 Å². The van der Waals surface area contributed by atoms with Crippen molar-refractivity contribution in [2.45, 2.75) is 39.0 Å². The number of hydrogen-bond donors (Lipinski definition) is 1. The molecule has 0 aliphatic heterocycles. The molecule has 0 aromatic heterocycles. The van der Waals surface area contributed by atoms with Gasteiger partial charge in [-0.05, 0) is 31.1 Å². The van der Waals surface area contributed by atoms with Gasteiger partial charge in [0.1, 0.15) is 11.6 Å². The van der Waals surface area contributed by atoms with Gasteiger partial charge < -0.3 is 5.32 Å². The molecule has 2 saturated carbocycles. The topological polar surface area (TPSA) is 46.2 Å². The van der Waals surface area contributed by atoms with Crippen molar-refractivity contribution in [2.24, 2.45) is 23.2 Å². The van der Waals surface area contributed by atoms with Crippen molar-refractivity contribution < 1.29 is 9.59 Å². The molecule has 3 nitrogen and oxygen atoms in total. The summed E-state index contributed by atoms with van der Waals surface area (Å²) in [5, 5.41) is 3.18. The Morgan fingerprint density at radius 1 is 1.39 bits per heavy atom. The molecule has 0 radical (unpaired) electrons. The third-order valence-electron chi connectivity index (χ3n) is 5.52. The van der Waals surface area contributed by atoms with Crippen molar-refractivity contribution in [3.63, 3.8) is 0 Å². The molecule has 3 heteroatoms. The molecule has 4 atom stereocenters. The van der Waals surface area contributed by atoms with E-state index in [0.717, 1.165) is 19.3 Å². The molecule has 0 bridgehead atoms. The minimum atomic E-state index is -0.344. The summed E-state index contributed by atoms with van der Waals surface area (Å²) in [6.07, 6.45) is 6.19. The smallest absolute Gasteiger partial charge is 0.139 e. The highest BCUT2D eigenvalue weighted by Gasteiger charge is 2.56. The van der Waals surface area contributed by atoms with Crippen LogP contribution in [-0.4, -0.2) is 18.6 Å². The van der Waals surface area contributed by atoms with Gasteiger partial charge in [-0.1, -0.05) is 13.0 Å². The number of Topliss-reactive ketones (excluding diaryl/α,β-unsaturated/α-hetero) is 2. The molecule has 0 saturated heterocycles. The number of allylic oxidation sites excluding steroid dienone is 2. The first-order valence-electron chi connectivity index (χ1n) is 6.99. The average Bonchev–Trinajstić information content (AvgIpc) is 2.65. The van der Waals surface area contributed by atoms with E-state index in [0.29, 0.717) is 36.2 Å². The standard InChI is InChI=1S/C15H21NO2/c1-15-8-13(17)11-7-9(16-2)3-4-10(11)12(15)5-6-14(15)18/h3,10-12,16H,4-8H2,1-2H3. The van der Waals surface area contributed by atoms with Crippen LogP contribution >= 0.6 is 0 Å². The fourth-order valence-electron chi connectivity index (χ4n) is 4.42. The summed E-state index contributed by atoms with van der Waals surface area (Å²) in [5.41, 5.74) is 0.848. The zero-order valence-electron chi connectivity index (χ0n) is 11.2. The average molecular weight is 247 g/mol. The molecule has 3 rings (SSSR count). The van der Waals surface area contributed by atoms with E-state index >= 15 is 0 Å². The molecule has 0 aromatic rings. The third-order valence-corrected chi connectivity index (χ3v) is 5.52. The van der Waals surface area contributed by atoms with E-state index < -0.39 is 0 Å². The van der Waals surface area contributed by atoms with Gasteiger partial charge in [-0.15, -0.1) is 0 Å². The molecule has 98 valence electrons. The predicted octanol–water partition coefficient (Wildman–Crippen LogP) is 2.07. The molecule has 0 amide bonds. The van der Waals surface area contributed by atoms with E-state index in [2.05, 4.69) is 11.4 Å². The van der Waals surface area contributed by atoms with Crippen molar-refractivity contribution in [3.05, 3.63) is 11.8 Å². The lowest BCUT2D eigenvalue weighted by Crippen LogP contribution is -2.47. The Hall–Kier alpha value is -1.12. The maximum Gasteiger partial charge on any atom is 0.139 e. The summed E-state index contributed by atoms with van der Waals surface area (Å²) in [6, 6.07) is 0. The van der Waals surface area contributed by atoms with Crippen LogP contribution in [0.25, 0.3) is 0 Å². The number of fused-ring (bicyclic) bond motifs is 3. The number of ketones is 2. The summed E-state index contributed by atoms with van der Waals surface area (Å²) in [6.45, 7) is 2.03. The fraction of sp³-hybridized carbons (Fsp3) is 0.733. The largest absolute Gasteiger partial charge is 0.392 e. The van der Waals surface area contributed by atoms with E-state index in [1.165, 1.54) is 5.70 Å². The molecule has 0 heterocycles. The molecular weight excluding hydrogens is 226 g/mol. The Bertz CT molecular complexity index is 440. The second-order valence-corrected chi connectivity index (χ2v) is 6.32. The van der Waals surface area contributed by atoms with Gasteiger partial charge in [0.05, 0.1) is 0 Å². The number of carbonyl (C=O) groups excluding carboxylic acids is 2. The number of nitrogens with one attached hydrogen (secondary N) is 1. The highest BCUT2D eigenvalue weighted by molar-refractivity contribution is 5.95. The summed E-state index contributed by atoms with van der Waals surface area (Å²) in [4.78, 5) is 24.5. The Morgan fingerprint density at radius 2 is 2.17 bits per heavy atom. The zero-order valence-corrected chi connectivity index (χ0v) is 11.2. The maximum absolute atomic E-state index is 12.4. The lowest BCUT2D eigenvalue weighted by molar-refractivity contribution is -0.142. The molecule has 0 spiro atoms. The molecule has 2 fully saturated rings. The minimum Gasteiger partial charge on any atom is -0.392 e. The normalized spacial score (nSPS) is 43.2. The van der Waals surface area contributed by atoms with E-state index in [-0.39, 0.29) is 11.3 Å². The minimum absolute atomic E-state index is 0.154. The van der Waals surface area contributed by atoms with Gasteiger partial charge in [0.15, 0.2) is 0 Å². The van der Waals surface area contributed by atoms with Crippen LogP contribution < -0.4 is 5.32 Å². The third kappa shape index (κ3) is 1.49. The van der Waals surface area contributed by atoms with Crippen LogP contribution in [0.15, 0.2) is 11.8 Å². The first-order chi connectivity index (χ1) is 8.56. The summed E-state index contributed by atoms with van der Waals surface area (Å²) < 4.78 is 0. The van der Waals surface area contributed by atoms with E-state index in [9.17, 15) is 9.59 Å². The van der Waals surface area contributed by atoms with E-state index in [1.54, 1.807) is 0 Å². The fourth-order valence-corrected chi connectivity index (χ4v) is 4.42. The van der Waals surface area contributed by atoms with Crippen LogP contribution in [0.4, 0.5) is 0 Å². The Morgan fingerprint density at radius 3 is 2.89 bits per heavy atom. The molecule has 4 unspecified atom stereocenters. The van der Waals surface area contributed by atoms with Crippen molar-refractivity contribution in [2.75, 3.05) is 7.05 Å². The van der Waals surface area contributed by atoms with Crippen LogP contribution in [0, 0.1) is 23.2 Å². The van der Waals surface area contributed by atoms with Gasteiger partial charge in [-0.25, -0.2) is 0 Å². The molecule has 3 aliphatic carbocycles. The van der Waals surface area contributed by atoms with Gasteiger partial charge in [-0.3, -0.25) is 9.59 Å². The maximum atomic E-state index is 12.4. The van der Waals surface area contributed by atoms with Crippen LogP contribution in [0.1, 0.15) is 39.0 Å². The molecular formula is C15H21NO2. The Kier molecular flexibility index (Phi) is 2.61. The van der Waals surface area contributed by atoms with Crippen molar-refractivity contribution in [3.8, 4) is 0 Å². The first-order valence-corrected chi connectivity index (χ1v) is 6.99. The quantitative estimate of drug-likeness (QED) is 0.771. The van der Waals surface area contributed by atoms with Gasteiger partial charge in [0.25, 0.3) is 0 Å². The Balaban J connectivity index is 1.94. The molecule has 18 heavy (non-hydrogen) atoms. The second-order valence-electron chi connectivity index (χ2n) is 6.32. The summed E-state index contributed by atoms with van der Waals surface area (Å²) in [5.74, 6) is 1.63. The van der Waals surface area contributed by atoms with E-state index in [4.69, 9.17) is 0 Å².